The van der Waals surface area contributed by atoms with Crippen molar-refractivity contribution in [1.29, 1.82) is 0 Å². The SMILES string of the molecule is CCN1C(=O)/C(=C/C=C/C=C/c2c(O)n(CC)c(=S)[nH]c2=O)C(=O)NC1=S. The van der Waals surface area contributed by atoms with Crippen LogP contribution in [-0.4, -0.2) is 43.0 Å². The van der Waals surface area contributed by atoms with E-state index in [1.807, 2.05) is 0 Å². The second-order valence-corrected chi connectivity index (χ2v) is 6.15. The number of amides is 2. The number of aromatic nitrogens is 2. The van der Waals surface area contributed by atoms with Crippen LogP contribution < -0.4 is 10.9 Å². The molecule has 1 fully saturated rings. The lowest BCUT2D eigenvalue weighted by Crippen LogP contribution is -2.53. The molecule has 8 nitrogen and oxygen atoms in total. The van der Waals surface area contributed by atoms with Gasteiger partial charge in [-0.1, -0.05) is 18.2 Å². The van der Waals surface area contributed by atoms with Gasteiger partial charge < -0.3 is 5.11 Å². The van der Waals surface area contributed by atoms with Gasteiger partial charge in [0.2, 0.25) is 5.88 Å². The van der Waals surface area contributed by atoms with Crippen LogP contribution in [0.4, 0.5) is 0 Å². The van der Waals surface area contributed by atoms with Crippen molar-refractivity contribution in [2.24, 2.45) is 0 Å². The Hall–Kier alpha value is -2.85. The van der Waals surface area contributed by atoms with Gasteiger partial charge in [0.25, 0.3) is 17.4 Å². The molecule has 0 spiro atoms. The smallest absolute Gasteiger partial charge is 0.265 e. The van der Waals surface area contributed by atoms with Gasteiger partial charge in [0, 0.05) is 13.1 Å². The lowest BCUT2D eigenvalue weighted by molar-refractivity contribution is -0.128. The monoisotopic (exact) mass is 406 g/mol. The number of allylic oxidation sites excluding steroid dienone is 4. The Balaban J connectivity index is 2.23. The number of nitrogens with zero attached hydrogens (tertiary/aromatic N) is 2. The van der Waals surface area contributed by atoms with Crippen molar-refractivity contribution in [2.45, 2.75) is 20.4 Å². The maximum atomic E-state index is 12.2. The summed E-state index contributed by atoms with van der Waals surface area (Å²) in [6.07, 6.45) is 7.26. The third-order valence-electron chi connectivity index (χ3n) is 3.77. The highest BCUT2D eigenvalue weighted by Gasteiger charge is 2.31. The molecule has 1 aromatic heterocycles. The van der Waals surface area contributed by atoms with E-state index < -0.39 is 17.4 Å². The molecule has 1 aromatic rings. The molecule has 27 heavy (non-hydrogen) atoms. The Morgan fingerprint density at radius 2 is 1.78 bits per heavy atom. The number of carbonyl (C=O) groups excluding carboxylic acids is 2. The van der Waals surface area contributed by atoms with E-state index in [1.54, 1.807) is 13.8 Å². The highest BCUT2D eigenvalue weighted by Crippen LogP contribution is 2.14. The third kappa shape index (κ3) is 4.29. The topological polar surface area (TPSA) is 107 Å². The van der Waals surface area contributed by atoms with Crippen LogP contribution in [0.1, 0.15) is 19.4 Å². The molecule has 142 valence electrons. The maximum absolute atomic E-state index is 12.2. The van der Waals surface area contributed by atoms with E-state index in [4.69, 9.17) is 24.4 Å². The lowest BCUT2D eigenvalue weighted by Gasteiger charge is -2.27. The molecular weight excluding hydrogens is 388 g/mol. The molecule has 0 aromatic carbocycles. The van der Waals surface area contributed by atoms with Gasteiger partial charge in [-0.25, -0.2) is 0 Å². The summed E-state index contributed by atoms with van der Waals surface area (Å²) in [6, 6.07) is 0. The number of likely N-dealkylation sites (N-methyl/N-ethyl adjacent to an activating group) is 1. The standard InChI is InChI=1S/C17H18N4O4S2/c1-3-20-14(24)10(12(22)18-16(20)26)8-6-5-7-9-11-13(23)19-17(27)21(4-2)15(11)25/h5-9,24H,3-4H2,1-2H3,(H,18,22,26)(H,19,23,27)/b7-5+,8-6+,11-9+. The lowest BCUT2D eigenvalue weighted by atomic mass is 10.1. The fraction of sp³-hybridized carbons (Fsp3) is 0.235. The van der Waals surface area contributed by atoms with Gasteiger partial charge in [-0.3, -0.25) is 34.2 Å². The van der Waals surface area contributed by atoms with Crippen molar-refractivity contribution >= 4 is 47.4 Å². The molecule has 3 N–H and O–H groups in total. The number of thiocarbonyl (C=S) groups is 1. The van der Waals surface area contributed by atoms with E-state index in [1.165, 1.54) is 39.8 Å². The number of nitrogens with one attached hydrogen (secondary N) is 2. The molecule has 0 unspecified atom stereocenters. The zero-order valence-corrected chi connectivity index (χ0v) is 16.3. The zero-order chi connectivity index (χ0) is 20.1. The third-order valence-corrected chi connectivity index (χ3v) is 4.42. The van der Waals surface area contributed by atoms with Crippen LogP contribution in [0.15, 0.2) is 34.7 Å². The first-order valence-electron chi connectivity index (χ1n) is 8.10. The first-order chi connectivity index (χ1) is 12.8. The predicted octanol–water partition coefficient (Wildman–Crippen LogP) is 1.39. The van der Waals surface area contributed by atoms with Gasteiger partial charge in [-0.05, 0) is 50.4 Å². The van der Waals surface area contributed by atoms with Crippen LogP contribution in [0.25, 0.3) is 6.08 Å². The largest absolute Gasteiger partial charge is 0.494 e. The summed E-state index contributed by atoms with van der Waals surface area (Å²) in [5, 5.41) is 12.7. The van der Waals surface area contributed by atoms with Crippen molar-refractivity contribution in [1.82, 2.24) is 19.8 Å². The molecule has 1 aliphatic heterocycles. The van der Waals surface area contributed by atoms with Crippen molar-refractivity contribution < 1.29 is 14.7 Å². The number of H-pyrrole nitrogens is 1. The van der Waals surface area contributed by atoms with Crippen molar-refractivity contribution in [3.63, 3.8) is 0 Å². The highest BCUT2D eigenvalue weighted by atomic mass is 32.1. The number of rotatable bonds is 5. The molecule has 2 amide bonds. The van der Waals surface area contributed by atoms with Crippen LogP contribution in [0.5, 0.6) is 5.88 Å². The van der Waals surface area contributed by atoms with E-state index in [0.717, 1.165) is 0 Å². The molecule has 2 heterocycles. The molecule has 10 heteroatoms. The average molecular weight is 406 g/mol. The Bertz CT molecular complexity index is 1000. The fourth-order valence-electron chi connectivity index (χ4n) is 2.39. The number of carbonyl (C=O) groups is 2. The van der Waals surface area contributed by atoms with E-state index in [0.29, 0.717) is 13.1 Å². The van der Waals surface area contributed by atoms with E-state index >= 15 is 0 Å². The molecular formula is C17H18N4O4S2. The molecule has 0 aliphatic carbocycles. The quantitative estimate of drug-likeness (QED) is 0.295. The Labute approximate surface area is 165 Å². The first kappa shape index (κ1) is 20.5. The normalized spacial score (nSPS) is 16.7. The van der Waals surface area contributed by atoms with Gasteiger partial charge in [0.05, 0.1) is 5.56 Å². The number of aromatic hydroxyl groups is 1. The van der Waals surface area contributed by atoms with Crippen LogP contribution in [0.3, 0.4) is 0 Å². The molecule has 2 rings (SSSR count). The molecule has 0 atom stereocenters. The zero-order valence-electron chi connectivity index (χ0n) is 14.7. The van der Waals surface area contributed by atoms with Gasteiger partial charge >= 0.3 is 0 Å². The van der Waals surface area contributed by atoms with Crippen LogP contribution in [-0.2, 0) is 16.1 Å². The minimum absolute atomic E-state index is 0.0462. The van der Waals surface area contributed by atoms with Gasteiger partial charge in [-0.2, -0.15) is 0 Å². The van der Waals surface area contributed by atoms with Gasteiger partial charge in [-0.15, -0.1) is 0 Å². The molecule has 0 radical (unpaired) electrons. The number of aromatic amines is 1. The van der Waals surface area contributed by atoms with Crippen LogP contribution >= 0.6 is 24.4 Å². The number of hydrogen-bond acceptors (Lipinski definition) is 6. The summed E-state index contributed by atoms with van der Waals surface area (Å²) in [4.78, 5) is 39.8. The molecule has 1 saturated heterocycles. The molecule has 1 aliphatic rings. The van der Waals surface area contributed by atoms with Gasteiger partial charge in [0.1, 0.15) is 5.57 Å². The Morgan fingerprint density at radius 3 is 2.41 bits per heavy atom. The Morgan fingerprint density at radius 1 is 1.07 bits per heavy atom. The first-order valence-corrected chi connectivity index (χ1v) is 8.91. The summed E-state index contributed by atoms with van der Waals surface area (Å²) >= 11 is 9.93. The van der Waals surface area contributed by atoms with E-state index in [-0.39, 0.29) is 26.9 Å². The fourth-order valence-corrected chi connectivity index (χ4v) is 3.00. The summed E-state index contributed by atoms with van der Waals surface area (Å²) in [5.74, 6) is -1.27. The van der Waals surface area contributed by atoms with Crippen LogP contribution in [0.2, 0.25) is 0 Å². The highest BCUT2D eigenvalue weighted by molar-refractivity contribution is 7.80. The summed E-state index contributed by atoms with van der Waals surface area (Å²) in [6.45, 7) is 4.28. The second kappa shape index (κ2) is 8.69. The van der Waals surface area contributed by atoms with Crippen molar-refractivity contribution in [2.75, 3.05) is 6.54 Å². The summed E-state index contributed by atoms with van der Waals surface area (Å²) in [5.41, 5.74) is -0.508. The van der Waals surface area contributed by atoms with Crippen LogP contribution in [0, 0.1) is 4.77 Å². The van der Waals surface area contributed by atoms with Crippen molar-refractivity contribution in [3.8, 4) is 5.88 Å². The van der Waals surface area contributed by atoms with Crippen molar-refractivity contribution in [3.05, 3.63) is 50.6 Å². The molecule has 0 saturated carbocycles. The Kier molecular flexibility index (Phi) is 6.59. The summed E-state index contributed by atoms with van der Waals surface area (Å²) in [7, 11) is 0. The van der Waals surface area contributed by atoms with E-state index in [9.17, 15) is 19.5 Å². The van der Waals surface area contributed by atoms with Gasteiger partial charge in [0.15, 0.2) is 9.88 Å². The second-order valence-electron chi connectivity index (χ2n) is 5.37. The minimum atomic E-state index is -0.567. The predicted molar refractivity (Wildman–Crippen MR) is 108 cm³/mol. The summed E-state index contributed by atoms with van der Waals surface area (Å²) < 4.78 is 1.52. The minimum Gasteiger partial charge on any atom is -0.494 e. The molecule has 0 bridgehead atoms. The van der Waals surface area contributed by atoms with E-state index in [2.05, 4.69) is 10.3 Å². The number of hydrogen-bond donors (Lipinski definition) is 3. The maximum Gasteiger partial charge on any atom is 0.265 e. The average Bonchev–Trinajstić information content (AvgIpc) is 2.59.